The molecular formula is C17H18N2OS2. The van der Waals surface area contributed by atoms with E-state index in [9.17, 15) is 4.79 Å². The van der Waals surface area contributed by atoms with Gasteiger partial charge >= 0.3 is 0 Å². The number of carbonyl (C=O) groups is 1. The summed E-state index contributed by atoms with van der Waals surface area (Å²) in [6.45, 7) is 0. The van der Waals surface area contributed by atoms with Crippen LogP contribution in [0.3, 0.4) is 0 Å². The van der Waals surface area contributed by atoms with Gasteiger partial charge < -0.3 is 5.32 Å². The minimum absolute atomic E-state index is 0.762. The minimum atomic E-state index is 0.762. The number of nitrogens with zero attached hydrogens (tertiary/aromatic N) is 1. The van der Waals surface area contributed by atoms with E-state index in [-0.39, 0.29) is 0 Å². The lowest BCUT2D eigenvalue weighted by Crippen LogP contribution is -2.07. The summed E-state index contributed by atoms with van der Waals surface area (Å²) >= 11 is 3.33. The van der Waals surface area contributed by atoms with Gasteiger partial charge in [-0.3, -0.25) is 4.79 Å². The minimum Gasteiger partial charge on any atom is -0.359 e. The van der Waals surface area contributed by atoms with Gasteiger partial charge in [-0.25, -0.2) is 4.98 Å². The number of thiophene rings is 1. The molecule has 3 nitrogen and oxygen atoms in total. The Kier molecular flexibility index (Phi) is 3.92. The van der Waals surface area contributed by atoms with Crippen molar-refractivity contribution in [3.05, 3.63) is 33.3 Å². The zero-order chi connectivity index (χ0) is 14.9. The molecule has 0 amide bonds. The molecule has 1 N–H and O–H groups in total. The van der Waals surface area contributed by atoms with Crippen LogP contribution < -0.4 is 5.32 Å². The smallest absolute Gasteiger partial charge is 0.162 e. The van der Waals surface area contributed by atoms with E-state index >= 15 is 0 Å². The van der Waals surface area contributed by atoms with Gasteiger partial charge in [0.15, 0.2) is 6.29 Å². The summed E-state index contributed by atoms with van der Waals surface area (Å²) < 4.78 is 0. The quantitative estimate of drug-likeness (QED) is 0.755. The summed E-state index contributed by atoms with van der Waals surface area (Å²) in [6, 6.07) is 0. The first-order chi connectivity index (χ1) is 10.9. The number of fused-ring (bicyclic) bond motifs is 2. The molecule has 0 radical (unpaired) electrons. The fraction of sp³-hybridized carbons (Fsp3) is 0.412. The van der Waals surface area contributed by atoms with E-state index in [0.29, 0.717) is 0 Å². The molecule has 2 aromatic heterocycles. The van der Waals surface area contributed by atoms with Gasteiger partial charge in [-0.1, -0.05) is 12.8 Å². The average Bonchev–Trinajstić information content (AvgIpc) is 2.82. The third-order valence-corrected chi connectivity index (χ3v) is 6.28. The fourth-order valence-corrected chi connectivity index (χ4v) is 5.19. The van der Waals surface area contributed by atoms with Gasteiger partial charge in [0.25, 0.3) is 0 Å². The Hall–Kier alpha value is -1.33. The number of pyridine rings is 1. The van der Waals surface area contributed by atoms with Crippen LogP contribution in [-0.4, -0.2) is 11.3 Å². The van der Waals surface area contributed by atoms with Gasteiger partial charge in [-0.2, -0.15) is 0 Å². The second-order valence-electron chi connectivity index (χ2n) is 5.83. The third-order valence-electron chi connectivity index (χ3n) is 4.48. The first kappa shape index (κ1) is 14.3. The molecule has 0 atom stereocenters. The molecule has 0 saturated heterocycles. The Morgan fingerprint density at radius 2 is 2.00 bits per heavy atom. The van der Waals surface area contributed by atoms with Gasteiger partial charge in [0.05, 0.1) is 10.6 Å². The molecule has 5 heteroatoms. The van der Waals surface area contributed by atoms with Gasteiger partial charge in [0, 0.05) is 23.0 Å². The van der Waals surface area contributed by atoms with Crippen molar-refractivity contribution in [2.45, 2.75) is 44.3 Å². The molecule has 0 saturated carbocycles. The second-order valence-corrected chi connectivity index (χ2v) is 7.75. The van der Waals surface area contributed by atoms with Crippen LogP contribution in [0.25, 0.3) is 10.2 Å². The Balaban J connectivity index is 2.01. The molecule has 0 aromatic carbocycles. The Morgan fingerprint density at radius 3 is 2.86 bits per heavy atom. The first-order valence-corrected chi connectivity index (χ1v) is 9.70. The zero-order valence-corrected chi connectivity index (χ0v) is 14.0. The number of rotatable bonds is 1. The van der Waals surface area contributed by atoms with Crippen molar-refractivity contribution < 1.29 is 4.79 Å². The summed E-state index contributed by atoms with van der Waals surface area (Å²) in [4.78, 5) is 18.2. The van der Waals surface area contributed by atoms with Crippen LogP contribution in [0.5, 0.6) is 0 Å². The molecular weight excluding hydrogens is 312 g/mol. The standard InChI is InChI=1S/C17H18N2OS2/c20-9-14-16-15-12(10-21-8-7-18-16)11-5-3-1-2-4-6-13(11)19-17(15)22-14/h7-9,18H,1-6,10H2/b8-7-. The SMILES string of the molecule is O=Cc1sc2nc3c(c4c2c1N/C=C\SC4)CCCCCC3. The average molecular weight is 330 g/mol. The summed E-state index contributed by atoms with van der Waals surface area (Å²) in [6.07, 6.45) is 10.2. The van der Waals surface area contributed by atoms with Crippen molar-refractivity contribution in [3.8, 4) is 0 Å². The van der Waals surface area contributed by atoms with E-state index < -0.39 is 0 Å². The third kappa shape index (κ3) is 2.36. The predicted molar refractivity (Wildman–Crippen MR) is 94.9 cm³/mol. The highest BCUT2D eigenvalue weighted by Crippen LogP contribution is 2.41. The van der Waals surface area contributed by atoms with Crippen LogP contribution in [0.4, 0.5) is 5.69 Å². The molecule has 2 aliphatic rings. The summed E-state index contributed by atoms with van der Waals surface area (Å²) in [5, 5.41) is 6.57. The highest BCUT2D eigenvalue weighted by Gasteiger charge is 2.22. The molecule has 114 valence electrons. The number of nitrogens with one attached hydrogen (secondary N) is 1. The predicted octanol–water partition coefficient (Wildman–Crippen LogP) is 4.90. The largest absolute Gasteiger partial charge is 0.359 e. The molecule has 1 aliphatic heterocycles. The van der Waals surface area contributed by atoms with Gasteiger partial charge in [0.2, 0.25) is 0 Å². The molecule has 3 heterocycles. The highest BCUT2D eigenvalue weighted by molar-refractivity contribution is 8.01. The Morgan fingerprint density at radius 1 is 1.14 bits per heavy atom. The number of hydrogen-bond acceptors (Lipinski definition) is 5. The van der Waals surface area contributed by atoms with Crippen LogP contribution in [0, 0.1) is 0 Å². The van der Waals surface area contributed by atoms with E-state index in [1.54, 1.807) is 0 Å². The van der Waals surface area contributed by atoms with E-state index in [4.69, 9.17) is 4.98 Å². The van der Waals surface area contributed by atoms with Crippen LogP contribution in [0.1, 0.15) is 52.2 Å². The zero-order valence-electron chi connectivity index (χ0n) is 12.4. The monoisotopic (exact) mass is 330 g/mol. The first-order valence-electron chi connectivity index (χ1n) is 7.84. The number of aromatic nitrogens is 1. The van der Waals surface area contributed by atoms with Crippen molar-refractivity contribution in [1.29, 1.82) is 0 Å². The van der Waals surface area contributed by atoms with Crippen LogP contribution >= 0.6 is 23.1 Å². The lowest BCUT2D eigenvalue weighted by Gasteiger charge is -2.19. The van der Waals surface area contributed by atoms with Crippen molar-refractivity contribution in [2.24, 2.45) is 0 Å². The molecule has 2 aromatic rings. The summed E-state index contributed by atoms with van der Waals surface area (Å²) in [5.74, 6) is 0.974. The number of aryl methyl sites for hydroxylation is 1. The normalized spacial score (nSPS) is 19.3. The van der Waals surface area contributed by atoms with Crippen LogP contribution in [0.15, 0.2) is 11.6 Å². The topological polar surface area (TPSA) is 42.0 Å². The molecule has 1 aliphatic carbocycles. The van der Waals surface area contributed by atoms with Crippen LogP contribution in [0.2, 0.25) is 0 Å². The Bertz CT molecular complexity index is 764. The molecule has 0 fully saturated rings. The molecule has 0 unspecified atom stereocenters. The number of carbonyl (C=O) groups excluding carboxylic acids is 1. The maximum Gasteiger partial charge on any atom is 0.162 e. The van der Waals surface area contributed by atoms with Crippen molar-refractivity contribution in [3.63, 3.8) is 0 Å². The van der Waals surface area contributed by atoms with Crippen LogP contribution in [-0.2, 0) is 18.6 Å². The lowest BCUT2D eigenvalue weighted by molar-refractivity contribution is 0.112. The van der Waals surface area contributed by atoms with Gasteiger partial charge in [-0.05, 0) is 42.2 Å². The van der Waals surface area contributed by atoms with Gasteiger partial charge in [0.1, 0.15) is 4.83 Å². The molecule has 22 heavy (non-hydrogen) atoms. The van der Waals surface area contributed by atoms with E-state index in [1.165, 1.54) is 59.2 Å². The van der Waals surface area contributed by atoms with E-state index in [0.717, 1.165) is 40.3 Å². The molecule has 0 bridgehead atoms. The summed E-state index contributed by atoms with van der Waals surface area (Å²) in [5.41, 5.74) is 5.09. The van der Waals surface area contributed by atoms with Crippen molar-refractivity contribution in [2.75, 3.05) is 5.32 Å². The van der Waals surface area contributed by atoms with E-state index in [1.807, 2.05) is 18.0 Å². The maximum atomic E-state index is 11.4. The highest BCUT2D eigenvalue weighted by atomic mass is 32.2. The Labute approximate surface area is 138 Å². The number of hydrogen-bond donors (Lipinski definition) is 1. The number of aldehydes is 1. The summed E-state index contributed by atoms with van der Waals surface area (Å²) in [7, 11) is 0. The second kappa shape index (κ2) is 6.05. The maximum absolute atomic E-state index is 11.4. The lowest BCUT2D eigenvalue weighted by atomic mass is 9.92. The van der Waals surface area contributed by atoms with Crippen molar-refractivity contribution in [1.82, 2.24) is 4.98 Å². The number of thioether (sulfide) groups is 1. The van der Waals surface area contributed by atoms with E-state index in [2.05, 4.69) is 10.7 Å². The molecule has 0 spiro atoms. The fourth-order valence-electron chi connectivity index (χ4n) is 3.44. The number of anilines is 1. The van der Waals surface area contributed by atoms with Crippen molar-refractivity contribution >= 4 is 45.3 Å². The molecule has 4 rings (SSSR count). The van der Waals surface area contributed by atoms with Gasteiger partial charge in [-0.15, -0.1) is 23.1 Å².